The first-order chi connectivity index (χ1) is 7.76. The molecule has 5 heteroatoms. The molecule has 0 unspecified atom stereocenters. The normalized spacial score (nSPS) is 17.5. The summed E-state index contributed by atoms with van der Waals surface area (Å²) < 4.78 is 4.94. The van der Waals surface area contributed by atoms with E-state index < -0.39 is 0 Å². The number of ether oxygens (including phenoxy) is 1. The molecule has 1 aliphatic rings. The van der Waals surface area contributed by atoms with E-state index in [0.29, 0.717) is 13.2 Å². The van der Waals surface area contributed by atoms with E-state index >= 15 is 0 Å². The second-order valence-corrected chi connectivity index (χ2v) is 4.33. The van der Waals surface area contributed by atoms with Gasteiger partial charge in [0.05, 0.1) is 13.2 Å². The molecule has 1 heterocycles. The van der Waals surface area contributed by atoms with E-state index in [-0.39, 0.29) is 18.4 Å². The minimum Gasteiger partial charge on any atom is -0.465 e. The Labute approximate surface area is 110 Å². The van der Waals surface area contributed by atoms with Crippen molar-refractivity contribution in [1.29, 1.82) is 0 Å². The highest BCUT2D eigenvalue weighted by atomic mass is 35.5. The number of nitrogens with zero attached hydrogens (tertiary/aromatic N) is 1. The molecule has 1 saturated heterocycles. The Morgan fingerprint density at radius 2 is 2.00 bits per heavy atom. The van der Waals surface area contributed by atoms with Crippen molar-refractivity contribution < 1.29 is 9.53 Å². The molecule has 0 aliphatic carbocycles. The first-order valence-electron chi connectivity index (χ1n) is 6.35. The SMILES string of the molecule is CCNCC1CCN(CC(=O)OCC)CC1.Cl. The summed E-state index contributed by atoms with van der Waals surface area (Å²) >= 11 is 0. The average molecular weight is 265 g/mol. The summed E-state index contributed by atoms with van der Waals surface area (Å²) in [7, 11) is 0. The van der Waals surface area contributed by atoms with Crippen molar-refractivity contribution in [3.63, 3.8) is 0 Å². The largest absolute Gasteiger partial charge is 0.465 e. The highest BCUT2D eigenvalue weighted by molar-refractivity contribution is 5.85. The Balaban J connectivity index is 0.00000256. The second kappa shape index (κ2) is 9.68. The standard InChI is InChI=1S/C12H24N2O2.ClH/c1-3-13-9-11-5-7-14(8-6-11)10-12(15)16-4-2;/h11,13H,3-10H2,1-2H3;1H. The summed E-state index contributed by atoms with van der Waals surface area (Å²) in [4.78, 5) is 13.5. The van der Waals surface area contributed by atoms with Crippen molar-refractivity contribution in [3.05, 3.63) is 0 Å². The van der Waals surface area contributed by atoms with Gasteiger partial charge < -0.3 is 10.1 Å². The Kier molecular flexibility index (Phi) is 9.50. The number of hydrogen-bond donors (Lipinski definition) is 1. The molecule has 0 bridgehead atoms. The zero-order valence-corrected chi connectivity index (χ0v) is 11.7. The number of esters is 1. The first-order valence-corrected chi connectivity index (χ1v) is 6.35. The topological polar surface area (TPSA) is 41.6 Å². The molecule has 1 rings (SSSR count). The monoisotopic (exact) mass is 264 g/mol. The van der Waals surface area contributed by atoms with Crippen LogP contribution in [0.15, 0.2) is 0 Å². The summed E-state index contributed by atoms with van der Waals surface area (Å²) in [5.41, 5.74) is 0. The number of carbonyl (C=O) groups is 1. The van der Waals surface area contributed by atoms with Gasteiger partial charge >= 0.3 is 5.97 Å². The third-order valence-electron chi connectivity index (χ3n) is 3.05. The average Bonchev–Trinajstić information content (AvgIpc) is 2.28. The molecule has 0 spiro atoms. The molecule has 1 fully saturated rings. The third-order valence-corrected chi connectivity index (χ3v) is 3.05. The third kappa shape index (κ3) is 6.86. The lowest BCUT2D eigenvalue weighted by Crippen LogP contribution is -2.40. The van der Waals surface area contributed by atoms with Crippen LogP contribution in [0.1, 0.15) is 26.7 Å². The van der Waals surface area contributed by atoms with Crippen molar-refractivity contribution in [2.45, 2.75) is 26.7 Å². The van der Waals surface area contributed by atoms with Crippen LogP contribution in [0.3, 0.4) is 0 Å². The number of likely N-dealkylation sites (tertiary alicyclic amines) is 1. The fourth-order valence-corrected chi connectivity index (χ4v) is 2.09. The number of carbonyl (C=O) groups excluding carboxylic acids is 1. The zero-order valence-electron chi connectivity index (χ0n) is 10.9. The lowest BCUT2D eigenvalue weighted by molar-refractivity contribution is -0.144. The van der Waals surface area contributed by atoms with Crippen molar-refractivity contribution >= 4 is 18.4 Å². The van der Waals surface area contributed by atoms with Crippen molar-refractivity contribution in [2.24, 2.45) is 5.92 Å². The van der Waals surface area contributed by atoms with Crippen LogP contribution < -0.4 is 5.32 Å². The van der Waals surface area contributed by atoms with E-state index in [1.807, 2.05) is 6.92 Å². The van der Waals surface area contributed by atoms with Crippen LogP contribution in [0.2, 0.25) is 0 Å². The van der Waals surface area contributed by atoms with Gasteiger partial charge in [0.1, 0.15) is 0 Å². The van der Waals surface area contributed by atoms with Gasteiger partial charge in [-0.2, -0.15) is 0 Å². The molecule has 0 aromatic heterocycles. The summed E-state index contributed by atoms with van der Waals surface area (Å²) in [6.45, 7) is 9.13. The summed E-state index contributed by atoms with van der Waals surface area (Å²) in [5, 5.41) is 3.38. The quantitative estimate of drug-likeness (QED) is 0.734. The Hall–Kier alpha value is -0.320. The van der Waals surface area contributed by atoms with Gasteiger partial charge in [-0.25, -0.2) is 0 Å². The summed E-state index contributed by atoms with van der Waals surface area (Å²) in [6.07, 6.45) is 2.37. The summed E-state index contributed by atoms with van der Waals surface area (Å²) in [5.74, 6) is 0.686. The first kappa shape index (κ1) is 16.7. The molecule has 0 aromatic carbocycles. The molecule has 0 amide bonds. The fourth-order valence-electron chi connectivity index (χ4n) is 2.09. The van der Waals surface area contributed by atoms with Crippen molar-refractivity contribution in [1.82, 2.24) is 10.2 Å². The molecular weight excluding hydrogens is 240 g/mol. The van der Waals surface area contributed by atoms with Crippen molar-refractivity contribution in [2.75, 3.05) is 39.3 Å². The number of rotatable bonds is 6. The molecule has 4 nitrogen and oxygen atoms in total. The molecule has 0 radical (unpaired) electrons. The fraction of sp³-hybridized carbons (Fsp3) is 0.917. The Morgan fingerprint density at radius 1 is 1.35 bits per heavy atom. The van der Waals surface area contributed by atoms with E-state index in [1.165, 1.54) is 12.8 Å². The Bertz CT molecular complexity index is 207. The van der Waals surface area contributed by atoms with E-state index in [0.717, 1.165) is 32.1 Å². The number of halogens is 1. The highest BCUT2D eigenvalue weighted by Gasteiger charge is 2.20. The van der Waals surface area contributed by atoms with Gasteiger partial charge in [-0.05, 0) is 51.9 Å². The number of hydrogen-bond acceptors (Lipinski definition) is 4. The van der Waals surface area contributed by atoms with Gasteiger partial charge in [-0.1, -0.05) is 6.92 Å². The summed E-state index contributed by atoms with van der Waals surface area (Å²) in [6, 6.07) is 0. The molecule has 0 saturated carbocycles. The maximum absolute atomic E-state index is 11.3. The van der Waals surface area contributed by atoms with Crippen LogP contribution in [0.4, 0.5) is 0 Å². The predicted octanol–water partition coefficient (Wildman–Crippen LogP) is 1.29. The lowest BCUT2D eigenvalue weighted by atomic mass is 9.97. The molecule has 0 atom stereocenters. The van der Waals surface area contributed by atoms with Gasteiger partial charge in [-0.15, -0.1) is 12.4 Å². The molecular formula is C12H25ClN2O2. The van der Waals surface area contributed by atoms with Crippen molar-refractivity contribution in [3.8, 4) is 0 Å². The number of nitrogens with one attached hydrogen (secondary N) is 1. The predicted molar refractivity (Wildman–Crippen MR) is 71.6 cm³/mol. The van der Waals surface area contributed by atoms with E-state index in [2.05, 4.69) is 17.1 Å². The van der Waals surface area contributed by atoms with Gasteiger partial charge in [0.15, 0.2) is 0 Å². The van der Waals surface area contributed by atoms with Gasteiger partial charge in [0, 0.05) is 0 Å². The molecule has 1 aliphatic heterocycles. The maximum atomic E-state index is 11.3. The Morgan fingerprint density at radius 3 is 2.53 bits per heavy atom. The highest BCUT2D eigenvalue weighted by Crippen LogP contribution is 2.15. The second-order valence-electron chi connectivity index (χ2n) is 4.33. The van der Waals surface area contributed by atoms with Crippen LogP contribution in [0.25, 0.3) is 0 Å². The smallest absolute Gasteiger partial charge is 0.320 e. The van der Waals surface area contributed by atoms with E-state index in [9.17, 15) is 4.79 Å². The molecule has 102 valence electrons. The van der Waals surface area contributed by atoms with Gasteiger partial charge in [0.2, 0.25) is 0 Å². The maximum Gasteiger partial charge on any atom is 0.320 e. The number of piperidine rings is 1. The van der Waals surface area contributed by atoms with Gasteiger partial charge in [0.25, 0.3) is 0 Å². The van der Waals surface area contributed by atoms with Crippen LogP contribution in [-0.4, -0.2) is 50.2 Å². The van der Waals surface area contributed by atoms with Crippen LogP contribution >= 0.6 is 12.4 Å². The van der Waals surface area contributed by atoms with E-state index in [1.54, 1.807) is 0 Å². The van der Waals surface area contributed by atoms with Crippen LogP contribution in [0.5, 0.6) is 0 Å². The minimum absolute atomic E-state index is 0. The van der Waals surface area contributed by atoms with E-state index in [4.69, 9.17) is 4.74 Å². The minimum atomic E-state index is -0.0902. The van der Waals surface area contributed by atoms with Crippen LogP contribution in [0, 0.1) is 5.92 Å². The molecule has 1 N–H and O–H groups in total. The lowest BCUT2D eigenvalue weighted by Gasteiger charge is -2.31. The van der Waals surface area contributed by atoms with Crippen LogP contribution in [-0.2, 0) is 9.53 Å². The molecule has 17 heavy (non-hydrogen) atoms. The zero-order chi connectivity index (χ0) is 11.8. The van der Waals surface area contributed by atoms with Gasteiger partial charge in [-0.3, -0.25) is 9.69 Å². The molecule has 0 aromatic rings.